The number of benzene rings is 1. The molecule has 134 valence electrons. The quantitative estimate of drug-likeness (QED) is 0.568. The van der Waals surface area contributed by atoms with Gasteiger partial charge in [-0.2, -0.15) is 8.78 Å². The van der Waals surface area contributed by atoms with E-state index in [1.54, 1.807) is 37.6 Å². The summed E-state index contributed by atoms with van der Waals surface area (Å²) in [4.78, 5) is 23.2. The summed E-state index contributed by atoms with van der Waals surface area (Å²) in [6.07, 6.45) is 3.40. The standard InChI is InChI=1S/C18H15F2N3OS2/c1-11-17(26-15(22-11)13-6-4-8-21-10-13)23(2)16(24)12-5-3-7-14(9-12)25-18(19)20/h3-10,18H,1-2H3. The second kappa shape index (κ2) is 7.92. The number of aryl methyl sites for hydroxylation is 1. The van der Waals surface area contributed by atoms with Crippen molar-refractivity contribution in [1.29, 1.82) is 0 Å². The summed E-state index contributed by atoms with van der Waals surface area (Å²) in [6.45, 7) is 1.83. The molecule has 0 N–H and O–H groups in total. The highest BCUT2D eigenvalue weighted by molar-refractivity contribution is 7.99. The Morgan fingerprint density at radius 2 is 2.08 bits per heavy atom. The van der Waals surface area contributed by atoms with Crippen LogP contribution < -0.4 is 4.90 Å². The lowest BCUT2D eigenvalue weighted by atomic mass is 10.2. The summed E-state index contributed by atoms with van der Waals surface area (Å²) in [6, 6.07) is 9.99. The van der Waals surface area contributed by atoms with Crippen LogP contribution in [0.5, 0.6) is 0 Å². The molecule has 0 atom stereocenters. The fourth-order valence-corrected chi connectivity index (χ4v) is 3.98. The zero-order chi connectivity index (χ0) is 18.7. The molecule has 0 saturated carbocycles. The van der Waals surface area contributed by atoms with Gasteiger partial charge in [0.05, 0.1) is 5.69 Å². The molecule has 0 saturated heterocycles. The van der Waals surface area contributed by atoms with E-state index in [9.17, 15) is 13.6 Å². The molecule has 1 aromatic carbocycles. The molecule has 0 aliphatic rings. The van der Waals surface area contributed by atoms with Crippen molar-refractivity contribution >= 4 is 34.0 Å². The van der Waals surface area contributed by atoms with E-state index in [-0.39, 0.29) is 5.91 Å². The largest absolute Gasteiger partial charge is 0.301 e. The Bertz CT molecular complexity index is 916. The van der Waals surface area contributed by atoms with E-state index in [0.29, 0.717) is 27.2 Å². The first-order valence-corrected chi connectivity index (χ1v) is 9.36. The number of nitrogens with zero attached hydrogens (tertiary/aromatic N) is 3. The number of rotatable bonds is 5. The number of hydrogen-bond acceptors (Lipinski definition) is 5. The SMILES string of the molecule is Cc1nc(-c2cccnc2)sc1N(C)C(=O)c1cccc(SC(F)F)c1. The van der Waals surface area contributed by atoms with Gasteiger partial charge in [-0.3, -0.25) is 9.78 Å². The number of aromatic nitrogens is 2. The molecular formula is C18H15F2N3OS2. The normalized spacial score (nSPS) is 11.0. The van der Waals surface area contributed by atoms with Crippen LogP contribution in [0.15, 0.2) is 53.7 Å². The van der Waals surface area contributed by atoms with Crippen LogP contribution in [0.25, 0.3) is 10.6 Å². The molecule has 26 heavy (non-hydrogen) atoms. The fourth-order valence-electron chi connectivity index (χ4n) is 2.40. The van der Waals surface area contributed by atoms with Crippen molar-refractivity contribution in [3.63, 3.8) is 0 Å². The third kappa shape index (κ3) is 4.08. The van der Waals surface area contributed by atoms with Gasteiger partial charge in [0.25, 0.3) is 11.7 Å². The minimum Gasteiger partial charge on any atom is -0.301 e. The molecule has 3 aromatic rings. The Hall–Kier alpha value is -2.32. The van der Waals surface area contributed by atoms with Gasteiger partial charge in [0.2, 0.25) is 0 Å². The topological polar surface area (TPSA) is 46.1 Å². The maximum absolute atomic E-state index is 12.8. The number of thiazole rings is 1. The van der Waals surface area contributed by atoms with Crippen LogP contribution in [0.4, 0.5) is 13.8 Å². The Morgan fingerprint density at radius 3 is 2.77 bits per heavy atom. The highest BCUT2D eigenvalue weighted by Gasteiger charge is 2.20. The van der Waals surface area contributed by atoms with E-state index in [2.05, 4.69) is 9.97 Å². The lowest BCUT2D eigenvalue weighted by Gasteiger charge is -2.16. The average Bonchev–Trinajstić information content (AvgIpc) is 3.02. The number of carbonyl (C=O) groups is 1. The van der Waals surface area contributed by atoms with E-state index in [1.165, 1.54) is 22.3 Å². The number of alkyl halides is 2. The van der Waals surface area contributed by atoms with E-state index in [4.69, 9.17) is 0 Å². The Kier molecular flexibility index (Phi) is 5.63. The van der Waals surface area contributed by atoms with Crippen LogP contribution in [-0.4, -0.2) is 28.7 Å². The third-order valence-corrected chi connectivity index (χ3v) is 5.58. The summed E-state index contributed by atoms with van der Waals surface area (Å²) >= 11 is 1.81. The molecular weight excluding hydrogens is 376 g/mol. The van der Waals surface area contributed by atoms with Crippen molar-refractivity contribution in [3.05, 3.63) is 60.0 Å². The van der Waals surface area contributed by atoms with Gasteiger partial charge in [-0.1, -0.05) is 29.2 Å². The molecule has 8 heteroatoms. The molecule has 0 aliphatic carbocycles. The lowest BCUT2D eigenvalue weighted by molar-refractivity contribution is 0.0993. The van der Waals surface area contributed by atoms with Gasteiger partial charge in [-0.25, -0.2) is 4.98 Å². The van der Waals surface area contributed by atoms with Gasteiger partial charge in [0.15, 0.2) is 0 Å². The Morgan fingerprint density at radius 1 is 1.27 bits per heavy atom. The first-order chi connectivity index (χ1) is 12.5. The number of thioether (sulfide) groups is 1. The molecule has 0 radical (unpaired) electrons. The molecule has 2 aromatic heterocycles. The van der Waals surface area contributed by atoms with Crippen molar-refractivity contribution in [1.82, 2.24) is 9.97 Å². The predicted octanol–water partition coefficient (Wildman–Crippen LogP) is 5.10. The van der Waals surface area contributed by atoms with Crippen molar-refractivity contribution < 1.29 is 13.6 Å². The van der Waals surface area contributed by atoms with Gasteiger partial charge in [0, 0.05) is 35.5 Å². The van der Waals surface area contributed by atoms with Gasteiger partial charge in [-0.15, -0.1) is 0 Å². The van der Waals surface area contributed by atoms with Crippen LogP contribution in [0.3, 0.4) is 0 Å². The monoisotopic (exact) mass is 391 g/mol. The number of pyridine rings is 1. The fraction of sp³-hybridized carbons (Fsp3) is 0.167. The van der Waals surface area contributed by atoms with Gasteiger partial charge < -0.3 is 4.90 Å². The van der Waals surface area contributed by atoms with Crippen LogP contribution in [-0.2, 0) is 0 Å². The van der Waals surface area contributed by atoms with Gasteiger partial charge in [-0.05, 0) is 37.3 Å². The second-order valence-corrected chi connectivity index (χ2v) is 7.46. The smallest absolute Gasteiger partial charge is 0.288 e. The van der Waals surface area contributed by atoms with Gasteiger partial charge in [0.1, 0.15) is 10.0 Å². The van der Waals surface area contributed by atoms with Gasteiger partial charge >= 0.3 is 0 Å². The number of carbonyl (C=O) groups excluding carboxylic acids is 1. The molecule has 2 heterocycles. The summed E-state index contributed by atoms with van der Waals surface area (Å²) < 4.78 is 25.1. The molecule has 1 amide bonds. The number of amides is 1. The molecule has 0 bridgehead atoms. The maximum atomic E-state index is 12.8. The van der Waals surface area contributed by atoms with Crippen molar-refractivity contribution in [2.75, 3.05) is 11.9 Å². The minimum absolute atomic E-state index is 0.272. The van der Waals surface area contributed by atoms with Crippen LogP contribution in [0.1, 0.15) is 16.1 Å². The minimum atomic E-state index is -2.52. The van der Waals surface area contributed by atoms with E-state index in [0.717, 1.165) is 16.3 Å². The Labute approximate surface area is 157 Å². The molecule has 0 aliphatic heterocycles. The predicted molar refractivity (Wildman–Crippen MR) is 101 cm³/mol. The Balaban J connectivity index is 1.86. The third-order valence-electron chi connectivity index (χ3n) is 3.60. The number of anilines is 1. The van der Waals surface area contributed by atoms with Crippen LogP contribution in [0, 0.1) is 6.92 Å². The maximum Gasteiger partial charge on any atom is 0.288 e. The average molecular weight is 391 g/mol. The number of hydrogen-bond donors (Lipinski definition) is 0. The zero-order valence-corrected chi connectivity index (χ0v) is 15.7. The summed E-state index contributed by atoms with van der Waals surface area (Å²) in [5, 5.41) is 1.48. The van der Waals surface area contributed by atoms with Crippen molar-refractivity contribution in [3.8, 4) is 10.6 Å². The van der Waals surface area contributed by atoms with Crippen LogP contribution >= 0.6 is 23.1 Å². The summed E-state index contributed by atoms with van der Waals surface area (Å²) in [7, 11) is 1.66. The summed E-state index contributed by atoms with van der Waals surface area (Å²) in [5.41, 5.74) is 1.96. The molecule has 0 spiro atoms. The van der Waals surface area contributed by atoms with Crippen molar-refractivity contribution in [2.24, 2.45) is 0 Å². The molecule has 4 nitrogen and oxygen atoms in total. The van der Waals surface area contributed by atoms with Crippen LogP contribution in [0.2, 0.25) is 0 Å². The molecule has 0 unspecified atom stereocenters. The zero-order valence-electron chi connectivity index (χ0n) is 14.0. The summed E-state index contributed by atoms with van der Waals surface area (Å²) in [5.74, 6) is -2.80. The molecule has 3 rings (SSSR count). The van der Waals surface area contributed by atoms with Crippen molar-refractivity contribution in [2.45, 2.75) is 17.6 Å². The second-order valence-electron chi connectivity index (χ2n) is 5.42. The highest BCUT2D eigenvalue weighted by Crippen LogP contribution is 2.34. The first-order valence-electron chi connectivity index (χ1n) is 7.66. The van der Waals surface area contributed by atoms with E-state index >= 15 is 0 Å². The highest BCUT2D eigenvalue weighted by atomic mass is 32.2. The van der Waals surface area contributed by atoms with E-state index in [1.807, 2.05) is 19.1 Å². The lowest BCUT2D eigenvalue weighted by Crippen LogP contribution is -2.26. The molecule has 0 fully saturated rings. The number of halogens is 2. The first kappa shape index (κ1) is 18.5. The van der Waals surface area contributed by atoms with E-state index < -0.39 is 5.76 Å².